The molecule has 4 heteroatoms. The fourth-order valence-corrected chi connectivity index (χ4v) is 1.92. The quantitative estimate of drug-likeness (QED) is 0.803. The molecule has 4 nitrogen and oxygen atoms in total. The first-order valence-electron chi connectivity index (χ1n) is 7.06. The van der Waals surface area contributed by atoms with Crippen molar-refractivity contribution in [1.29, 1.82) is 0 Å². The minimum absolute atomic E-state index is 0.218. The molecule has 1 unspecified atom stereocenters. The van der Waals surface area contributed by atoms with E-state index in [-0.39, 0.29) is 12.2 Å². The molecular formula is C16H26N2O2. The number of carbonyl (C=O) groups is 1. The van der Waals surface area contributed by atoms with Crippen molar-refractivity contribution < 1.29 is 9.53 Å². The third-order valence-electron chi connectivity index (χ3n) is 3.09. The molecule has 0 radical (unpaired) electrons. The molecule has 3 N–H and O–H groups in total. The second-order valence-corrected chi connectivity index (χ2v) is 5.96. The van der Waals surface area contributed by atoms with E-state index in [1.54, 1.807) is 0 Å². The predicted molar refractivity (Wildman–Crippen MR) is 81.3 cm³/mol. The van der Waals surface area contributed by atoms with E-state index >= 15 is 0 Å². The van der Waals surface area contributed by atoms with Gasteiger partial charge in [-0.2, -0.15) is 0 Å². The second-order valence-electron chi connectivity index (χ2n) is 5.96. The molecule has 112 valence electrons. The molecule has 0 saturated carbocycles. The van der Waals surface area contributed by atoms with Gasteiger partial charge in [0.1, 0.15) is 5.54 Å². The summed E-state index contributed by atoms with van der Waals surface area (Å²) >= 11 is 0. The summed E-state index contributed by atoms with van der Waals surface area (Å²) in [4.78, 5) is 12.1. The predicted octanol–water partition coefficient (Wildman–Crippen LogP) is 2.18. The van der Waals surface area contributed by atoms with Crippen LogP contribution in [-0.4, -0.2) is 24.7 Å². The molecule has 1 aromatic carbocycles. The van der Waals surface area contributed by atoms with E-state index in [1.165, 1.54) is 0 Å². The molecule has 1 aromatic rings. The third kappa shape index (κ3) is 4.32. The van der Waals surface area contributed by atoms with Crippen molar-refractivity contribution in [3.8, 4) is 0 Å². The largest absolute Gasteiger partial charge is 0.373 e. The van der Waals surface area contributed by atoms with Crippen molar-refractivity contribution >= 4 is 5.91 Å². The van der Waals surface area contributed by atoms with Gasteiger partial charge in [0.25, 0.3) is 0 Å². The number of amides is 1. The maximum Gasteiger partial charge on any atom is 0.244 e. The number of primary amides is 1. The van der Waals surface area contributed by atoms with E-state index in [0.717, 1.165) is 12.0 Å². The van der Waals surface area contributed by atoms with Gasteiger partial charge in [-0.05, 0) is 39.3 Å². The summed E-state index contributed by atoms with van der Waals surface area (Å²) in [5.41, 5.74) is 5.22. The van der Waals surface area contributed by atoms with Crippen molar-refractivity contribution in [1.82, 2.24) is 5.32 Å². The highest BCUT2D eigenvalue weighted by atomic mass is 16.5. The van der Waals surface area contributed by atoms with Crippen molar-refractivity contribution in [2.24, 2.45) is 5.73 Å². The smallest absolute Gasteiger partial charge is 0.244 e. The van der Waals surface area contributed by atoms with Gasteiger partial charge in [-0.1, -0.05) is 37.3 Å². The highest BCUT2D eigenvalue weighted by Gasteiger charge is 2.39. The molecule has 0 saturated heterocycles. The van der Waals surface area contributed by atoms with E-state index in [9.17, 15) is 4.79 Å². The molecule has 0 bridgehead atoms. The first-order valence-corrected chi connectivity index (χ1v) is 7.06. The highest BCUT2D eigenvalue weighted by molar-refractivity contribution is 5.86. The lowest BCUT2D eigenvalue weighted by atomic mass is 9.89. The molecule has 0 aliphatic rings. The summed E-state index contributed by atoms with van der Waals surface area (Å²) in [6, 6.07) is 9.52. The average molecular weight is 278 g/mol. The first-order chi connectivity index (χ1) is 9.32. The summed E-state index contributed by atoms with van der Waals surface area (Å²) in [5.74, 6) is -0.415. The zero-order valence-electron chi connectivity index (χ0n) is 12.9. The topological polar surface area (TPSA) is 64.3 Å². The summed E-state index contributed by atoms with van der Waals surface area (Å²) in [7, 11) is 0. The minimum atomic E-state index is -0.982. The number of nitrogens with one attached hydrogen (secondary N) is 1. The molecule has 0 fully saturated rings. The lowest BCUT2D eigenvalue weighted by Gasteiger charge is -2.35. The second kappa shape index (κ2) is 6.86. The third-order valence-corrected chi connectivity index (χ3v) is 3.09. The van der Waals surface area contributed by atoms with Gasteiger partial charge in [0, 0.05) is 0 Å². The van der Waals surface area contributed by atoms with Crippen LogP contribution in [0.1, 0.15) is 39.7 Å². The molecular weight excluding hydrogens is 252 g/mol. The van der Waals surface area contributed by atoms with Crippen molar-refractivity contribution in [2.75, 3.05) is 13.2 Å². The van der Waals surface area contributed by atoms with Crippen molar-refractivity contribution in [3.63, 3.8) is 0 Å². The summed E-state index contributed by atoms with van der Waals surface area (Å²) in [6.45, 7) is 8.85. The zero-order valence-corrected chi connectivity index (χ0v) is 12.9. The normalized spacial score (nSPS) is 14.8. The van der Waals surface area contributed by atoms with Crippen LogP contribution >= 0.6 is 0 Å². The van der Waals surface area contributed by atoms with Crippen LogP contribution in [0.4, 0.5) is 0 Å². The summed E-state index contributed by atoms with van der Waals surface area (Å²) in [6.07, 6.45) is 0.914. The number of hydrogen-bond acceptors (Lipinski definition) is 3. The van der Waals surface area contributed by atoms with Gasteiger partial charge in [0.2, 0.25) is 5.91 Å². The number of rotatable bonds is 7. The number of ether oxygens (including phenoxy) is 1. The number of hydrogen-bond donors (Lipinski definition) is 2. The van der Waals surface area contributed by atoms with Gasteiger partial charge in [-0.15, -0.1) is 0 Å². The van der Waals surface area contributed by atoms with Crippen LogP contribution in [0.2, 0.25) is 0 Å². The van der Waals surface area contributed by atoms with Gasteiger partial charge >= 0.3 is 0 Å². The zero-order chi connectivity index (χ0) is 15.2. The Labute approximate surface area is 121 Å². The Kier molecular flexibility index (Phi) is 5.72. The van der Waals surface area contributed by atoms with Gasteiger partial charge in [-0.3, -0.25) is 10.1 Å². The average Bonchev–Trinajstić information content (AvgIpc) is 2.39. The fourth-order valence-electron chi connectivity index (χ4n) is 1.92. The Morgan fingerprint density at radius 3 is 2.30 bits per heavy atom. The molecule has 1 atom stereocenters. The maximum absolute atomic E-state index is 12.1. The van der Waals surface area contributed by atoms with Crippen LogP contribution in [0.25, 0.3) is 0 Å². The lowest BCUT2D eigenvalue weighted by molar-refractivity contribution is -0.130. The fraction of sp³-hybridized carbons (Fsp3) is 0.562. The van der Waals surface area contributed by atoms with Crippen LogP contribution < -0.4 is 11.1 Å². The Bertz CT molecular complexity index is 426. The molecule has 0 spiro atoms. The van der Waals surface area contributed by atoms with Gasteiger partial charge in [0.15, 0.2) is 0 Å². The first kappa shape index (κ1) is 16.7. The van der Waals surface area contributed by atoms with E-state index < -0.39 is 11.4 Å². The number of nitrogens with two attached hydrogens (primary N) is 1. The Balaban J connectivity index is 3.11. The van der Waals surface area contributed by atoms with Gasteiger partial charge in [0.05, 0.1) is 12.2 Å². The monoisotopic (exact) mass is 278 g/mol. The van der Waals surface area contributed by atoms with Crippen molar-refractivity contribution in [3.05, 3.63) is 35.9 Å². The SMILES string of the molecule is CCCNC(COC(C)(C)C)(C(N)=O)c1ccccc1. The summed E-state index contributed by atoms with van der Waals surface area (Å²) in [5, 5.41) is 3.27. The Morgan fingerprint density at radius 1 is 1.25 bits per heavy atom. The summed E-state index contributed by atoms with van der Waals surface area (Å²) < 4.78 is 5.84. The van der Waals surface area contributed by atoms with Crippen LogP contribution in [0, 0.1) is 0 Å². The lowest BCUT2D eigenvalue weighted by Crippen LogP contribution is -2.57. The van der Waals surface area contributed by atoms with E-state index in [4.69, 9.17) is 10.5 Å². The molecule has 0 aromatic heterocycles. The van der Waals surface area contributed by atoms with E-state index in [1.807, 2.05) is 58.0 Å². The number of carbonyl (C=O) groups excluding carboxylic acids is 1. The highest BCUT2D eigenvalue weighted by Crippen LogP contribution is 2.24. The maximum atomic E-state index is 12.1. The molecule has 1 amide bonds. The van der Waals surface area contributed by atoms with E-state index in [0.29, 0.717) is 6.54 Å². The van der Waals surface area contributed by atoms with E-state index in [2.05, 4.69) is 5.32 Å². The van der Waals surface area contributed by atoms with Crippen molar-refractivity contribution in [2.45, 2.75) is 45.3 Å². The van der Waals surface area contributed by atoms with Gasteiger partial charge in [-0.25, -0.2) is 0 Å². The Hall–Kier alpha value is -1.39. The molecule has 20 heavy (non-hydrogen) atoms. The standard InChI is InChI=1S/C16H26N2O2/c1-5-11-18-16(14(17)19,12-20-15(2,3)4)13-9-7-6-8-10-13/h6-10,18H,5,11-12H2,1-4H3,(H2,17,19). The van der Waals surface area contributed by atoms with Crippen LogP contribution in [0.5, 0.6) is 0 Å². The Morgan fingerprint density at radius 2 is 1.85 bits per heavy atom. The number of benzene rings is 1. The van der Waals surface area contributed by atoms with Gasteiger partial charge < -0.3 is 10.5 Å². The van der Waals surface area contributed by atoms with Crippen LogP contribution in [0.3, 0.4) is 0 Å². The minimum Gasteiger partial charge on any atom is -0.373 e. The molecule has 0 aliphatic heterocycles. The van der Waals surface area contributed by atoms with Crippen LogP contribution in [0.15, 0.2) is 30.3 Å². The molecule has 0 aliphatic carbocycles. The molecule has 1 rings (SSSR count). The molecule has 0 heterocycles. The van der Waals surface area contributed by atoms with Crippen LogP contribution in [-0.2, 0) is 15.1 Å².